The van der Waals surface area contributed by atoms with E-state index >= 15 is 0 Å². The highest BCUT2D eigenvalue weighted by molar-refractivity contribution is 6.00. The fourth-order valence-corrected chi connectivity index (χ4v) is 4.83. The molecule has 5 unspecified atom stereocenters. The summed E-state index contributed by atoms with van der Waals surface area (Å²) >= 11 is 0. The summed E-state index contributed by atoms with van der Waals surface area (Å²) in [6, 6.07) is 6.18. The molecule has 3 heterocycles. The van der Waals surface area contributed by atoms with E-state index in [0.717, 1.165) is 32.2 Å². The molecule has 9 heteroatoms. The first-order valence-corrected chi connectivity index (χ1v) is 10.6. The second kappa shape index (κ2) is 8.69. The molecule has 0 saturated carbocycles. The molecule has 0 spiro atoms. The maximum Gasteiger partial charge on any atom is 0.229 e. The number of hydrogen-bond donors (Lipinski definition) is 4. The monoisotopic (exact) mass is 417 g/mol. The highest BCUT2D eigenvalue weighted by Crippen LogP contribution is 2.30. The Morgan fingerprint density at radius 3 is 2.80 bits per heavy atom. The zero-order valence-electron chi connectivity index (χ0n) is 17.0. The highest BCUT2D eigenvalue weighted by atomic mass is 19.1. The van der Waals surface area contributed by atoms with Gasteiger partial charge in [-0.3, -0.25) is 24.6 Å². The molecule has 3 amide bonds. The van der Waals surface area contributed by atoms with Gasteiger partial charge in [0.2, 0.25) is 17.7 Å². The number of carbonyl (C=O) groups excluding carboxylic acids is 3. The van der Waals surface area contributed by atoms with Gasteiger partial charge >= 0.3 is 0 Å². The van der Waals surface area contributed by atoms with E-state index in [1.54, 1.807) is 6.07 Å². The van der Waals surface area contributed by atoms with Crippen molar-refractivity contribution in [2.75, 3.05) is 11.9 Å². The van der Waals surface area contributed by atoms with Crippen molar-refractivity contribution in [3.8, 4) is 0 Å². The number of para-hydroxylation sites is 1. The van der Waals surface area contributed by atoms with E-state index in [-0.39, 0.29) is 23.9 Å². The number of benzene rings is 1. The summed E-state index contributed by atoms with van der Waals surface area (Å²) in [7, 11) is 0. The van der Waals surface area contributed by atoms with Crippen LogP contribution in [-0.4, -0.2) is 47.7 Å². The average Bonchev–Trinajstić information content (AvgIpc) is 2.74. The van der Waals surface area contributed by atoms with Crippen LogP contribution in [0.25, 0.3) is 0 Å². The van der Waals surface area contributed by atoms with Gasteiger partial charge in [-0.05, 0) is 31.4 Å². The van der Waals surface area contributed by atoms with Gasteiger partial charge in [-0.2, -0.15) is 0 Å². The minimum Gasteiger partial charge on any atom is -0.340 e. The Morgan fingerprint density at radius 2 is 2.03 bits per heavy atom. The van der Waals surface area contributed by atoms with Crippen molar-refractivity contribution in [2.24, 2.45) is 11.8 Å². The zero-order chi connectivity index (χ0) is 21.3. The lowest BCUT2D eigenvalue weighted by molar-refractivity contribution is -0.148. The number of fused-ring (bicyclic) bond motifs is 1. The predicted octanol–water partition coefficient (Wildman–Crippen LogP) is 1.11. The van der Waals surface area contributed by atoms with E-state index in [0.29, 0.717) is 6.04 Å². The van der Waals surface area contributed by atoms with Crippen molar-refractivity contribution >= 4 is 23.4 Å². The lowest BCUT2D eigenvalue weighted by Crippen LogP contribution is -2.75. The van der Waals surface area contributed by atoms with E-state index in [1.165, 1.54) is 18.2 Å². The molecule has 0 aliphatic carbocycles. The van der Waals surface area contributed by atoms with Gasteiger partial charge in [0.25, 0.3) is 0 Å². The number of halogens is 1. The first-order valence-electron chi connectivity index (χ1n) is 10.6. The van der Waals surface area contributed by atoms with E-state index in [1.807, 2.05) is 0 Å². The Balaban J connectivity index is 1.51. The lowest BCUT2D eigenvalue weighted by atomic mass is 9.81. The van der Waals surface area contributed by atoms with Crippen LogP contribution < -0.4 is 21.3 Å². The van der Waals surface area contributed by atoms with Gasteiger partial charge in [-0.15, -0.1) is 0 Å². The van der Waals surface area contributed by atoms with Crippen molar-refractivity contribution in [3.05, 3.63) is 30.1 Å². The molecule has 0 bridgehead atoms. The fourth-order valence-electron chi connectivity index (χ4n) is 4.83. The summed E-state index contributed by atoms with van der Waals surface area (Å²) in [4.78, 5) is 40.4. The summed E-state index contributed by atoms with van der Waals surface area (Å²) in [5.74, 6) is -3.35. The molecule has 1 aromatic carbocycles. The van der Waals surface area contributed by atoms with Gasteiger partial charge in [0.1, 0.15) is 12.1 Å². The van der Waals surface area contributed by atoms with E-state index in [4.69, 9.17) is 0 Å². The quantitative estimate of drug-likeness (QED) is 0.588. The van der Waals surface area contributed by atoms with Crippen molar-refractivity contribution < 1.29 is 18.8 Å². The molecule has 0 radical (unpaired) electrons. The normalized spacial score (nSPS) is 32.0. The molecule has 30 heavy (non-hydrogen) atoms. The number of hydrogen-bond acceptors (Lipinski definition) is 5. The van der Waals surface area contributed by atoms with Gasteiger partial charge < -0.3 is 16.0 Å². The summed E-state index contributed by atoms with van der Waals surface area (Å²) < 4.78 is 13.9. The van der Waals surface area contributed by atoms with Crippen molar-refractivity contribution in [1.82, 2.24) is 20.9 Å². The van der Waals surface area contributed by atoms with Gasteiger partial charge in [-0.1, -0.05) is 25.5 Å². The second-order valence-electron chi connectivity index (χ2n) is 8.22. The molecule has 8 nitrogen and oxygen atoms in total. The maximum atomic E-state index is 13.9. The molecule has 4 N–H and O–H groups in total. The van der Waals surface area contributed by atoms with Crippen LogP contribution >= 0.6 is 0 Å². The number of nitrogens with zero attached hydrogens (tertiary/aromatic N) is 1. The predicted molar refractivity (Wildman–Crippen MR) is 108 cm³/mol. The fraction of sp³-hybridized carbons (Fsp3) is 0.571. The third-order valence-electron chi connectivity index (χ3n) is 6.38. The van der Waals surface area contributed by atoms with Crippen LogP contribution in [0.15, 0.2) is 24.3 Å². The molecular weight excluding hydrogens is 389 g/mol. The SMILES string of the molecule is CCC1CCCCN1C1NC(=O)C2C(NC(=O)CC2C(=O)Nc2ccccc2F)N1. The molecule has 3 aliphatic heterocycles. The molecule has 3 saturated heterocycles. The van der Waals surface area contributed by atoms with Gasteiger partial charge in [-0.25, -0.2) is 4.39 Å². The summed E-state index contributed by atoms with van der Waals surface area (Å²) in [5.41, 5.74) is 0.0335. The number of likely N-dealkylation sites (tertiary alicyclic amines) is 1. The minimum absolute atomic E-state index is 0.0335. The second-order valence-corrected chi connectivity index (χ2v) is 8.22. The van der Waals surface area contributed by atoms with Crippen molar-refractivity contribution in [1.29, 1.82) is 0 Å². The van der Waals surface area contributed by atoms with Crippen LogP contribution in [0.3, 0.4) is 0 Å². The van der Waals surface area contributed by atoms with Gasteiger partial charge in [0, 0.05) is 19.0 Å². The standard InChI is InChI=1S/C21H28FN5O3/c1-2-12-7-5-6-10-27(12)21-25-18-17(20(30)26-21)13(11-16(28)24-18)19(29)23-15-9-4-3-8-14(15)22/h3-4,8-9,12-13,17-18,21,25H,2,5-7,10-11H2,1H3,(H,23,29)(H,24,28)(H,26,30). The highest BCUT2D eigenvalue weighted by Gasteiger charge is 2.49. The Bertz CT molecular complexity index is 835. The van der Waals surface area contributed by atoms with Gasteiger partial charge in [0.15, 0.2) is 0 Å². The summed E-state index contributed by atoms with van der Waals surface area (Å²) in [5, 5.41) is 11.7. The Morgan fingerprint density at radius 1 is 1.23 bits per heavy atom. The largest absolute Gasteiger partial charge is 0.340 e. The van der Waals surface area contributed by atoms with Crippen molar-refractivity contribution in [2.45, 2.75) is 57.5 Å². The summed E-state index contributed by atoms with van der Waals surface area (Å²) in [6.45, 7) is 2.99. The molecule has 3 aliphatic rings. The number of piperidine rings is 2. The molecular formula is C21H28FN5O3. The smallest absolute Gasteiger partial charge is 0.229 e. The minimum atomic E-state index is -0.889. The maximum absolute atomic E-state index is 13.9. The average molecular weight is 417 g/mol. The van der Waals surface area contributed by atoms with Crippen molar-refractivity contribution in [3.63, 3.8) is 0 Å². The van der Waals surface area contributed by atoms with E-state index in [2.05, 4.69) is 33.1 Å². The molecule has 1 aromatic rings. The molecule has 3 fully saturated rings. The Kier molecular flexibility index (Phi) is 6.01. The third kappa shape index (κ3) is 4.04. The van der Waals surface area contributed by atoms with Crippen LogP contribution in [-0.2, 0) is 14.4 Å². The van der Waals surface area contributed by atoms with Crippen LogP contribution in [0.1, 0.15) is 39.0 Å². The number of amides is 3. The first-order chi connectivity index (χ1) is 14.5. The molecule has 5 atom stereocenters. The third-order valence-corrected chi connectivity index (χ3v) is 6.38. The van der Waals surface area contributed by atoms with Gasteiger partial charge in [0.05, 0.1) is 23.7 Å². The molecule has 0 aromatic heterocycles. The number of carbonyl (C=O) groups is 3. The Labute approximate surface area is 174 Å². The van der Waals surface area contributed by atoms with E-state index < -0.39 is 36.0 Å². The number of nitrogens with one attached hydrogen (secondary N) is 4. The van der Waals surface area contributed by atoms with Crippen LogP contribution in [0.2, 0.25) is 0 Å². The summed E-state index contributed by atoms with van der Waals surface area (Å²) in [6.07, 6.45) is 3.09. The van der Waals surface area contributed by atoms with Crippen LogP contribution in [0.5, 0.6) is 0 Å². The topological polar surface area (TPSA) is 103 Å². The molecule has 162 valence electrons. The van der Waals surface area contributed by atoms with E-state index in [9.17, 15) is 18.8 Å². The zero-order valence-corrected chi connectivity index (χ0v) is 17.0. The number of anilines is 1. The first kappa shape index (κ1) is 20.7. The Hall–Kier alpha value is -2.52. The van der Waals surface area contributed by atoms with Crippen LogP contribution in [0.4, 0.5) is 10.1 Å². The van der Waals surface area contributed by atoms with Crippen LogP contribution in [0, 0.1) is 17.7 Å². The molecule has 4 rings (SSSR count). The number of rotatable bonds is 4. The lowest BCUT2D eigenvalue weighted by Gasteiger charge is -2.49.